The molecule has 5 heteroatoms. The van der Waals surface area contributed by atoms with Crippen molar-refractivity contribution >= 4 is 17.2 Å². The highest BCUT2D eigenvalue weighted by Gasteiger charge is 2.31. The largest absolute Gasteiger partial charge is 0.380 e. The Morgan fingerprint density at radius 1 is 1.39 bits per heavy atom. The van der Waals surface area contributed by atoms with Gasteiger partial charge in [-0.05, 0) is 37.8 Å². The molecular weight excluding hydrogens is 308 g/mol. The zero-order valence-corrected chi connectivity index (χ0v) is 14.4. The lowest BCUT2D eigenvalue weighted by atomic mass is 9.99. The van der Waals surface area contributed by atoms with Crippen molar-refractivity contribution in [2.24, 2.45) is 0 Å². The first kappa shape index (κ1) is 16.1. The number of thiazole rings is 1. The van der Waals surface area contributed by atoms with Crippen molar-refractivity contribution in [2.75, 3.05) is 13.7 Å². The number of benzene rings is 1. The van der Waals surface area contributed by atoms with E-state index in [0.717, 1.165) is 47.6 Å². The van der Waals surface area contributed by atoms with Gasteiger partial charge in [0.2, 0.25) is 0 Å². The average Bonchev–Trinajstić information content (AvgIpc) is 3.01. The third-order valence-corrected chi connectivity index (χ3v) is 5.30. The molecule has 1 aromatic carbocycles. The van der Waals surface area contributed by atoms with Crippen molar-refractivity contribution in [3.8, 4) is 0 Å². The number of piperidine rings is 1. The van der Waals surface area contributed by atoms with Gasteiger partial charge >= 0.3 is 0 Å². The van der Waals surface area contributed by atoms with E-state index in [-0.39, 0.29) is 11.9 Å². The number of carbonyl (C=O) groups is 1. The summed E-state index contributed by atoms with van der Waals surface area (Å²) in [6, 6.07) is 7.83. The van der Waals surface area contributed by atoms with Crippen LogP contribution in [0.25, 0.3) is 0 Å². The second-order valence-corrected chi connectivity index (χ2v) is 6.82. The molecule has 2 heterocycles. The third kappa shape index (κ3) is 3.46. The summed E-state index contributed by atoms with van der Waals surface area (Å²) in [7, 11) is 1.66. The van der Waals surface area contributed by atoms with E-state index in [2.05, 4.69) is 10.4 Å². The minimum atomic E-state index is 0.0928. The number of hydrogen-bond acceptors (Lipinski definition) is 4. The van der Waals surface area contributed by atoms with Crippen LogP contribution in [-0.4, -0.2) is 29.4 Å². The molecule has 3 rings (SSSR count). The van der Waals surface area contributed by atoms with Crippen LogP contribution in [0.1, 0.15) is 51.9 Å². The first-order valence-corrected chi connectivity index (χ1v) is 8.88. The summed E-state index contributed by atoms with van der Waals surface area (Å²) >= 11 is 1.66. The molecule has 0 radical (unpaired) electrons. The highest BCUT2D eigenvalue weighted by molar-refractivity contribution is 7.09. The average molecular weight is 330 g/mol. The number of likely N-dealkylation sites (tertiary alicyclic amines) is 1. The number of carbonyl (C=O) groups excluding carboxylic acids is 1. The van der Waals surface area contributed by atoms with Crippen molar-refractivity contribution in [1.82, 2.24) is 9.88 Å². The third-order valence-electron chi connectivity index (χ3n) is 4.23. The van der Waals surface area contributed by atoms with Crippen molar-refractivity contribution in [3.63, 3.8) is 0 Å². The summed E-state index contributed by atoms with van der Waals surface area (Å²) in [4.78, 5) is 19.7. The maximum Gasteiger partial charge on any atom is 0.254 e. The number of ether oxygens (including phenoxy) is 1. The Morgan fingerprint density at radius 3 is 2.96 bits per heavy atom. The van der Waals surface area contributed by atoms with Gasteiger partial charge in [0.25, 0.3) is 5.91 Å². The number of amides is 1. The van der Waals surface area contributed by atoms with E-state index in [1.165, 1.54) is 0 Å². The lowest BCUT2D eigenvalue weighted by molar-refractivity contribution is 0.0606. The van der Waals surface area contributed by atoms with Crippen molar-refractivity contribution in [2.45, 2.75) is 38.8 Å². The van der Waals surface area contributed by atoms with Gasteiger partial charge in [0.15, 0.2) is 0 Å². The number of hydrogen-bond donors (Lipinski definition) is 0. The van der Waals surface area contributed by atoms with Gasteiger partial charge in [-0.25, -0.2) is 4.98 Å². The van der Waals surface area contributed by atoms with Crippen LogP contribution < -0.4 is 0 Å². The Labute approximate surface area is 141 Å². The summed E-state index contributed by atoms with van der Waals surface area (Å²) < 4.78 is 5.24. The van der Waals surface area contributed by atoms with Crippen molar-refractivity contribution in [1.29, 1.82) is 0 Å². The fourth-order valence-electron chi connectivity index (χ4n) is 3.12. The van der Waals surface area contributed by atoms with Gasteiger partial charge in [-0.1, -0.05) is 18.2 Å². The SMILES string of the molecule is COCc1ccccc1C(=O)N1CCCCC1c1nc(C)cs1. The fraction of sp³-hybridized carbons (Fsp3) is 0.444. The van der Waals surface area contributed by atoms with E-state index < -0.39 is 0 Å². The molecule has 2 aromatic rings. The van der Waals surface area contributed by atoms with E-state index in [1.807, 2.05) is 36.1 Å². The van der Waals surface area contributed by atoms with Gasteiger partial charge in [-0.15, -0.1) is 11.3 Å². The first-order chi connectivity index (χ1) is 11.2. The second-order valence-electron chi connectivity index (χ2n) is 5.93. The first-order valence-electron chi connectivity index (χ1n) is 8.00. The van der Waals surface area contributed by atoms with Gasteiger partial charge in [-0.3, -0.25) is 4.79 Å². The van der Waals surface area contributed by atoms with Crippen LogP contribution >= 0.6 is 11.3 Å². The molecule has 1 amide bonds. The lowest BCUT2D eigenvalue weighted by Crippen LogP contribution is -2.39. The summed E-state index contributed by atoms with van der Waals surface area (Å²) in [5.41, 5.74) is 2.72. The normalized spacial score (nSPS) is 18.2. The predicted molar refractivity (Wildman–Crippen MR) is 91.6 cm³/mol. The molecular formula is C18H22N2O2S. The molecule has 1 atom stereocenters. The van der Waals surface area contributed by atoms with E-state index >= 15 is 0 Å². The molecule has 1 aliphatic rings. The number of methoxy groups -OCH3 is 1. The van der Waals surface area contributed by atoms with Gasteiger partial charge in [0, 0.05) is 30.3 Å². The second kappa shape index (κ2) is 7.23. The molecule has 1 aromatic heterocycles. The molecule has 1 saturated heterocycles. The van der Waals surface area contributed by atoms with Crippen molar-refractivity contribution in [3.05, 3.63) is 51.5 Å². The fourth-order valence-corrected chi connectivity index (χ4v) is 4.06. The number of aromatic nitrogens is 1. The van der Waals surface area contributed by atoms with Crippen LogP contribution in [0, 0.1) is 6.92 Å². The maximum atomic E-state index is 13.1. The zero-order chi connectivity index (χ0) is 16.2. The highest BCUT2D eigenvalue weighted by Crippen LogP contribution is 2.34. The standard InChI is InChI=1S/C18H22N2O2S/c1-13-12-23-17(19-13)16-9-5-6-10-20(16)18(21)15-8-4-3-7-14(15)11-22-2/h3-4,7-8,12,16H,5-6,9-11H2,1-2H3. The van der Waals surface area contributed by atoms with E-state index in [1.54, 1.807) is 18.4 Å². The lowest BCUT2D eigenvalue weighted by Gasteiger charge is -2.35. The van der Waals surface area contributed by atoms with E-state index in [0.29, 0.717) is 6.61 Å². The molecule has 1 unspecified atom stereocenters. The summed E-state index contributed by atoms with van der Waals surface area (Å²) in [6.07, 6.45) is 3.19. The van der Waals surface area contributed by atoms with Gasteiger partial charge in [0.05, 0.1) is 12.6 Å². The van der Waals surface area contributed by atoms with Crippen molar-refractivity contribution < 1.29 is 9.53 Å². The number of aryl methyl sites for hydroxylation is 1. The van der Waals surface area contributed by atoms with Gasteiger partial charge in [-0.2, -0.15) is 0 Å². The molecule has 1 fully saturated rings. The Morgan fingerprint density at radius 2 is 2.22 bits per heavy atom. The minimum absolute atomic E-state index is 0.0928. The molecule has 4 nitrogen and oxygen atoms in total. The van der Waals surface area contributed by atoms with E-state index in [4.69, 9.17) is 4.74 Å². The summed E-state index contributed by atoms with van der Waals surface area (Å²) in [5.74, 6) is 0.0928. The van der Waals surface area contributed by atoms with Gasteiger partial charge in [0.1, 0.15) is 5.01 Å². The molecule has 122 valence electrons. The van der Waals surface area contributed by atoms with E-state index in [9.17, 15) is 4.79 Å². The number of nitrogens with zero attached hydrogens (tertiary/aromatic N) is 2. The molecule has 23 heavy (non-hydrogen) atoms. The summed E-state index contributed by atoms with van der Waals surface area (Å²) in [6.45, 7) is 3.25. The van der Waals surface area contributed by atoms with Gasteiger partial charge < -0.3 is 9.64 Å². The Bertz CT molecular complexity index is 683. The topological polar surface area (TPSA) is 42.4 Å². The minimum Gasteiger partial charge on any atom is -0.380 e. The van der Waals surface area contributed by atoms with Crippen LogP contribution in [0.2, 0.25) is 0 Å². The molecule has 0 aliphatic carbocycles. The molecule has 0 N–H and O–H groups in total. The van der Waals surface area contributed by atoms with Crippen LogP contribution in [-0.2, 0) is 11.3 Å². The Balaban J connectivity index is 1.90. The van der Waals surface area contributed by atoms with Crippen LogP contribution in [0.3, 0.4) is 0 Å². The predicted octanol–water partition coefficient (Wildman–Crippen LogP) is 3.97. The number of rotatable bonds is 4. The molecule has 0 bridgehead atoms. The Hall–Kier alpha value is -1.72. The smallest absolute Gasteiger partial charge is 0.254 e. The highest BCUT2D eigenvalue weighted by atomic mass is 32.1. The zero-order valence-electron chi connectivity index (χ0n) is 13.6. The van der Waals surface area contributed by atoms with Crippen LogP contribution in [0.15, 0.2) is 29.6 Å². The Kier molecular flexibility index (Phi) is 5.08. The monoisotopic (exact) mass is 330 g/mol. The molecule has 1 aliphatic heterocycles. The quantitative estimate of drug-likeness (QED) is 0.852. The summed E-state index contributed by atoms with van der Waals surface area (Å²) in [5, 5.41) is 3.12. The molecule has 0 saturated carbocycles. The van der Waals surface area contributed by atoms with Crippen LogP contribution in [0.4, 0.5) is 0 Å². The van der Waals surface area contributed by atoms with Crippen LogP contribution in [0.5, 0.6) is 0 Å². The molecule has 0 spiro atoms. The maximum absolute atomic E-state index is 13.1.